The van der Waals surface area contributed by atoms with Gasteiger partial charge in [0.05, 0.1) is 12.8 Å². The van der Waals surface area contributed by atoms with Gasteiger partial charge in [-0.3, -0.25) is 4.79 Å². The molecule has 5 heteroatoms. The van der Waals surface area contributed by atoms with Crippen LogP contribution in [0.25, 0.3) is 10.6 Å². The summed E-state index contributed by atoms with van der Waals surface area (Å²) in [5.41, 5.74) is 3.88. The predicted molar refractivity (Wildman–Crippen MR) is 102 cm³/mol. The Morgan fingerprint density at radius 3 is 2.84 bits per heavy atom. The number of nitrogens with zero attached hydrogens (tertiary/aromatic N) is 1. The van der Waals surface area contributed by atoms with Crippen LogP contribution in [0.3, 0.4) is 0 Å². The van der Waals surface area contributed by atoms with E-state index in [4.69, 9.17) is 4.74 Å². The zero-order chi connectivity index (χ0) is 17.6. The SMILES string of the molecule is COc1cccc(-c2nc(CCC(=O)Nc3ccccc3C)cs2)c1. The number of carbonyl (C=O) groups excluding carboxylic acids is 1. The average Bonchev–Trinajstić information content (AvgIpc) is 3.11. The van der Waals surface area contributed by atoms with Gasteiger partial charge in [0.1, 0.15) is 10.8 Å². The second-order valence-corrected chi connectivity index (χ2v) is 6.60. The Morgan fingerprint density at radius 1 is 1.20 bits per heavy atom. The van der Waals surface area contributed by atoms with Crippen LogP contribution in [0.15, 0.2) is 53.9 Å². The Labute approximate surface area is 151 Å². The van der Waals surface area contributed by atoms with Gasteiger partial charge in [0.2, 0.25) is 5.91 Å². The Balaban J connectivity index is 1.60. The molecule has 1 heterocycles. The smallest absolute Gasteiger partial charge is 0.224 e. The van der Waals surface area contributed by atoms with Gasteiger partial charge in [-0.05, 0) is 37.1 Å². The number of amides is 1. The maximum atomic E-state index is 12.1. The van der Waals surface area contributed by atoms with Crippen molar-refractivity contribution < 1.29 is 9.53 Å². The highest BCUT2D eigenvalue weighted by Gasteiger charge is 2.09. The van der Waals surface area contributed by atoms with E-state index in [2.05, 4.69) is 10.3 Å². The summed E-state index contributed by atoms with van der Waals surface area (Å²) in [7, 11) is 1.65. The number of anilines is 1. The number of nitrogens with one attached hydrogen (secondary N) is 1. The van der Waals surface area contributed by atoms with Crippen molar-refractivity contribution in [2.45, 2.75) is 19.8 Å². The van der Waals surface area contributed by atoms with E-state index in [0.717, 1.165) is 33.3 Å². The summed E-state index contributed by atoms with van der Waals surface area (Å²) >= 11 is 1.58. The number of aromatic nitrogens is 1. The molecule has 1 amide bonds. The minimum absolute atomic E-state index is 0.00484. The Hall–Kier alpha value is -2.66. The van der Waals surface area contributed by atoms with E-state index in [1.54, 1.807) is 18.4 Å². The molecular formula is C20H20N2O2S. The molecule has 1 aromatic heterocycles. The van der Waals surface area contributed by atoms with E-state index in [9.17, 15) is 4.79 Å². The Kier molecular flexibility index (Phi) is 5.46. The van der Waals surface area contributed by atoms with Gasteiger partial charge in [-0.15, -0.1) is 11.3 Å². The normalized spacial score (nSPS) is 10.5. The lowest BCUT2D eigenvalue weighted by Gasteiger charge is -2.07. The van der Waals surface area contributed by atoms with Gasteiger partial charge < -0.3 is 10.1 Å². The van der Waals surface area contributed by atoms with Gasteiger partial charge in [0.25, 0.3) is 0 Å². The zero-order valence-electron chi connectivity index (χ0n) is 14.3. The van der Waals surface area contributed by atoms with Crippen molar-refractivity contribution >= 4 is 22.9 Å². The van der Waals surface area contributed by atoms with E-state index in [1.807, 2.05) is 60.8 Å². The van der Waals surface area contributed by atoms with E-state index in [0.29, 0.717) is 12.8 Å². The molecular weight excluding hydrogens is 332 g/mol. The maximum Gasteiger partial charge on any atom is 0.224 e. The largest absolute Gasteiger partial charge is 0.497 e. The summed E-state index contributed by atoms with van der Waals surface area (Å²) in [5.74, 6) is 0.817. The van der Waals surface area contributed by atoms with Crippen LogP contribution in [0.5, 0.6) is 5.75 Å². The summed E-state index contributed by atoms with van der Waals surface area (Å²) in [6, 6.07) is 15.6. The molecule has 0 spiro atoms. The van der Waals surface area contributed by atoms with Gasteiger partial charge in [0, 0.05) is 23.1 Å². The first-order valence-electron chi connectivity index (χ1n) is 8.10. The van der Waals surface area contributed by atoms with Gasteiger partial charge in [-0.2, -0.15) is 0 Å². The number of rotatable bonds is 6. The third-order valence-electron chi connectivity index (χ3n) is 3.90. The summed E-state index contributed by atoms with van der Waals surface area (Å²) in [6.07, 6.45) is 1.04. The molecule has 0 unspecified atom stereocenters. The van der Waals surface area contributed by atoms with Crippen LogP contribution in [-0.4, -0.2) is 18.0 Å². The lowest BCUT2D eigenvalue weighted by molar-refractivity contribution is -0.116. The molecule has 0 aliphatic carbocycles. The van der Waals surface area contributed by atoms with E-state index < -0.39 is 0 Å². The number of ether oxygens (including phenoxy) is 1. The van der Waals surface area contributed by atoms with Crippen molar-refractivity contribution in [3.63, 3.8) is 0 Å². The Bertz CT molecular complexity index is 873. The molecule has 0 aliphatic rings. The van der Waals surface area contributed by atoms with Crippen molar-refractivity contribution in [3.8, 4) is 16.3 Å². The number of carbonyl (C=O) groups is 1. The fourth-order valence-corrected chi connectivity index (χ4v) is 3.33. The molecule has 0 saturated heterocycles. The molecule has 0 bridgehead atoms. The molecule has 3 rings (SSSR count). The van der Waals surface area contributed by atoms with E-state index >= 15 is 0 Å². The van der Waals surface area contributed by atoms with Gasteiger partial charge >= 0.3 is 0 Å². The highest BCUT2D eigenvalue weighted by atomic mass is 32.1. The average molecular weight is 352 g/mol. The van der Waals surface area contributed by atoms with E-state index in [1.165, 1.54) is 0 Å². The topological polar surface area (TPSA) is 51.2 Å². The summed E-state index contributed by atoms with van der Waals surface area (Å²) in [6.45, 7) is 1.98. The van der Waals surface area contributed by atoms with Crippen molar-refractivity contribution in [2.24, 2.45) is 0 Å². The second-order valence-electron chi connectivity index (χ2n) is 5.74. The van der Waals surface area contributed by atoms with Gasteiger partial charge in [0.15, 0.2) is 0 Å². The number of thiazole rings is 1. The first kappa shape index (κ1) is 17.2. The van der Waals surface area contributed by atoms with Gasteiger partial charge in [-0.1, -0.05) is 30.3 Å². The number of benzene rings is 2. The van der Waals surface area contributed by atoms with Crippen molar-refractivity contribution in [3.05, 3.63) is 65.2 Å². The third kappa shape index (κ3) is 4.45. The van der Waals surface area contributed by atoms with Crippen LogP contribution in [0.1, 0.15) is 17.7 Å². The van der Waals surface area contributed by atoms with Crippen molar-refractivity contribution in [2.75, 3.05) is 12.4 Å². The molecule has 0 radical (unpaired) electrons. The molecule has 2 aromatic carbocycles. The number of hydrogen-bond donors (Lipinski definition) is 1. The van der Waals surface area contributed by atoms with Crippen LogP contribution < -0.4 is 10.1 Å². The molecule has 128 valence electrons. The molecule has 0 aliphatic heterocycles. The highest BCUT2D eigenvalue weighted by molar-refractivity contribution is 7.13. The fraction of sp³-hybridized carbons (Fsp3) is 0.200. The molecule has 0 saturated carbocycles. The second kappa shape index (κ2) is 7.94. The molecule has 0 atom stereocenters. The minimum atomic E-state index is 0.00484. The highest BCUT2D eigenvalue weighted by Crippen LogP contribution is 2.27. The Morgan fingerprint density at radius 2 is 2.04 bits per heavy atom. The third-order valence-corrected chi connectivity index (χ3v) is 4.84. The maximum absolute atomic E-state index is 12.1. The first-order chi connectivity index (χ1) is 12.2. The lowest BCUT2D eigenvalue weighted by atomic mass is 10.2. The number of methoxy groups -OCH3 is 1. The first-order valence-corrected chi connectivity index (χ1v) is 8.98. The minimum Gasteiger partial charge on any atom is -0.497 e. The lowest BCUT2D eigenvalue weighted by Crippen LogP contribution is -2.13. The number of hydrogen-bond acceptors (Lipinski definition) is 4. The number of aryl methyl sites for hydroxylation is 2. The quantitative estimate of drug-likeness (QED) is 0.700. The van der Waals surface area contributed by atoms with Crippen molar-refractivity contribution in [1.82, 2.24) is 4.98 Å². The van der Waals surface area contributed by atoms with Crippen LogP contribution in [0, 0.1) is 6.92 Å². The van der Waals surface area contributed by atoms with Crippen LogP contribution in [0.4, 0.5) is 5.69 Å². The standard InChI is InChI=1S/C20H20N2O2S/c1-14-6-3-4-9-18(14)22-19(23)11-10-16-13-25-20(21-16)15-7-5-8-17(12-15)24-2/h3-9,12-13H,10-11H2,1-2H3,(H,22,23). The summed E-state index contributed by atoms with van der Waals surface area (Å²) < 4.78 is 5.25. The molecule has 1 N–H and O–H groups in total. The summed E-state index contributed by atoms with van der Waals surface area (Å²) in [5, 5.41) is 5.90. The van der Waals surface area contributed by atoms with E-state index in [-0.39, 0.29) is 5.91 Å². The van der Waals surface area contributed by atoms with Crippen LogP contribution >= 0.6 is 11.3 Å². The molecule has 25 heavy (non-hydrogen) atoms. The number of para-hydroxylation sites is 1. The molecule has 4 nitrogen and oxygen atoms in total. The summed E-state index contributed by atoms with van der Waals surface area (Å²) in [4.78, 5) is 16.8. The van der Waals surface area contributed by atoms with Crippen LogP contribution in [-0.2, 0) is 11.2 Å². The predicted octanol–water partition coefficient (Wildman–Crippen LogP) is 4.70. The fourth-order valence-electron chi connectivity index (χ4n) is 2.48. The monoisotopic (exact) mass is 352 g/mol. The van der Waals surface area contributed by atoms with Crippen molar-refractivity contribution in [1.29, 1.82) is 0 Å². The molecule has 0 fully saturated rings. The zero-order valence-corrected chi connectivity index (χ0v) is 15.1. The van der Waals surface area contributed by atoms with Crippen LogP contribution in [0.2, 0.25) is 0 Å². The van der Waals surface area contributed by atoms with Gasteiger partial charge in [-0.25, -0.2) is 4.98 Å². The molecule has 3 aromatic rings.